The van der Waals surface area contributed by atoms with Gasteiger partial charge in [0.15, 0.2) is 5.60 Å². The summed E-state index contributed by atoms with van der Waals surface area (Å²) in [5, 5.41) is 1.84. The average molecular weight is 620 g/mol. The van der Waals surface area contributed by atoms with Gasteiger partial charge in [0.1, 0.15) is 6.54 Å². The molecule has 0 saturated carbocycles. The molecule has 1 heterocycles. The summed E-state index contributed by atoms with van der Waals surface area (Å²) in [6.07, 6.45) is -8.55. The largest absolute Gasteiger partial charge is 0.433 e. The predicted octanol–water partition coefficient (Wildman–Crippen LogP) is 6.85. The molecule has 1 aliphatic carbocycles. The normalized spacial score (nSPS) is 16.3. The van der Waals surface area contributed by atoms with Gasteiger partial charge in [0.05, 0.1) is 5.56 Å². The fourth-order valence-corrected chi connectivity index (χ4v) is 5.95. The second-order valence-corrected chi connectivity index (χ2v) is 10.9. The molecule has 44 heavy (non-hydrogen) atoms. The molecule has 0 spiro atoms. The van der Waals surface area contributed by atoms with Crippen LogP contribution in [-0.2, 0) is 16.5 Å². The van der Waals surface area contributed by atoms with E-state index in [1.807, 2.05) is 53.8 Å². The molecule has 3 aromatic rings. The van der Waals surface area contributed by atoms with Crippen molar-refractivity contribution in [2.75, 3.05) is 39.3 Å². The van der Waals surface area contributed by atoms with Gasteiger partial charge in [0.2, 0.25) is 0 Å². The number of fused-ring (bicyclic) bond motifs is 3. The molecule has 6 nitrogen and oxygen atoms in total. The van der Waals surface area contributed by atoms with Crippen LogP contribution in [0.2, 0.25) is 0 Å². The van der Waals surface area contributed by atoms with Crippen LogP contribution in [0.3, 0.4) is 0 Å². The monoisotopic (exact) mass is 619 g/mol. The van der Waals surface area contributed by atoms with Crippen LogP contribution in [0.25, 0.3) is 11.1 Å². The highest BCUT2D eigenvalue weighted by molar-refractivity contribution is 5.94. The standard InChI is InChI=1S/C32H31F6N3O3/c33-31(34,35)21-39-29(43)44-30(26-9-3-1-7-24(26)25-8-2-4-10-27(25)30)15-5-6-16-40-17-19-41(20-18-40)28(42)22-11-13-23(14-12-22)32(36,37)38/h1-4,7-14H,5-6,15-21H2,(H,39,43). The lowest BCUT2D eigenvalue weighted by atomic mass is 9.86. The zero-order chi connectivity index (χ0) is 31.5. The summed E-state index contributed by atoms with van der Waals surface area (Å²) in [7, 11) is 0. The maximum Gasteiger partial charge on any atom is 0.416 e. The number of amides is 2. The highest BCUT2D eigenvalue weighted by Crippen LogP contribution is 2.52. The van der Waals surface area contributed by atoms with E-state index in [0.29, 0.717) is 52.0 Å². The molecule has 3 aromatic carbocycles. The number of ether oxygens (including phenoxy) is 1. The summed E-state index contributed by atoms with van der Waals surface area (Å²) in [5.41, 5.74) is 1.31. The molecule has 1 fully saturated rings. The number of nitrogens with one attached hydrogen (secondary N) is 1. The molecule has 1 N–H and O–H groups in total. The number of alkyl halides is 6. The Kier molecular flexibility index (Phi) is 8.92. The van der Waals surface area contributed by atoms with Crippen molar-refractivity contribution in [2.24, 2.45) is 0 Å². The number of carbonyl (C=O) groups excluding carboxylic acids is 2. The van der Waals surface area contributed by atoms with Crippen molar-refractivity contribution in [3.8, 4) is 11.1 Å². The number of hydrogen-bond acceptors (Lipinski definition) is 4. The molecule has 1 aliphatic heterocycles. The van der Waals surface area contributed by atoms with Crippen LogP contribution in [0.15, 0.2) is 72.8 Å². The molecule has 2 aliphatic rings. The van der Waals surface area contributed by atoms with Crippen LogP contribution in [0.4, 0.5) is 31.1 Å². The first-order valence-electron chi connectivity index (χ1n) is 14.3. The van der Waals surface area contributed by atoms with Crippen molar-refractivity contribution in [1.29, 1.82) is 0 Å². The van der Waals surface area contributed by atoms with Crippen LogP contribution in [-0.4, -0.2) is 67.2 Å². The third-order valence-corrected chi connectivity index (χ3v) is 8.09. The molecule has 234 valence electrons. The lowest BCUT2D eigenvalue weighted by molar-refractivity contribution is -0.137. The average Bonchev–Trinajstić information content (AvgIpc) is 3.27. The van der Waals surface area contributed by atoms with E-state index >= 15 is 0 Å². The van der Waals surface area contributed by atoms with Gasteiger partial charge in [-0.05, 0) is 61.2 Å². The Bertz CT molecular complexity index is 1440. The van der Waals surface area contributed by atoms with Crippen LogP contribution in [0.5, 0.6) is 0 Å². The number of hydrogen-bond donors (Lipinski definition) is 1. The second kappa shape index (κ2) is 12.5. The minimum Gasteiger partial charge on any atom is -0.433 e. The topological polar surface area (TPSA) is 61.9 Å². The molecule has 0 unspecified atom stereocenters. The first kappa shape index (κ1) is 31.4. The van der Waals surface area contributed by atoms with Gasteiger partial charge in [-0.2, -0.15) is 26.3 Å². The maximum atomic E-state index is 12.8. The van der Waals surface area contributed by atoms with Crippen LogP contribution < -0.4 is 5.32 Å². The third-order valence-electron chi connectivity index (χ3n) is 8.09. The number of halogens is 6. The number of alkyl carbamates (subject to hydrolysis) is 1. The molecule has 5 rings (SSSR count). The molecular formula is C32H31F6N3O3. The highest BCUT2D eigenvalue weighted by Gasteiger charge is 2.46. The molecule has 0 aromatic heterocycles. The minimum absolute atomic E-state index is 0.202. The molecule has 0 bridgehead atoms. The fraction of sp³-hybridized carbons (Fsp3) is 0.375. The lowest BCUT2D eigenvalue weighted by Gasteiger charge is -2.35. The molecule has 1 saturated heterocycles. The van der Waals surface area contributed by atoms with Gasteiger partial charge in [-0.25, -0.2) is 4.79 Å². The Morgan fingerprint density at radius 2 is 1.34 bits per heavy atom. The Balaban J connectivity index is 1.20. The van der Waals surface area contributed by atoms with E-state index in [-0.39, 0.29) is 11.5 Å². The quantitative estimate of drug-likeness (QED) is 0.222. The SMILES string of the molecule is O=C(NCC(F)(F)F)OC1(CCCCN2CCN(C(=O)c3ccc(C(F)(F)F)cc3)CC2)c2ccccc2-c2ccccc21. The van der Waals surface area contributed by atoms with Crippen molar-refractivity contribution in [3.05, 3.63) is 95.1 Å². The molecule has 2 amide bonds. The van der Waals surface area contributed by atoms with Gasteiger partial charge in [-0.1, -0.05) is 48.5 Å². The summed E-state index contributed by atoms with van der Waals surface area (Å²) in [4.78, 5) is 29.3. The predicted molar refractivity (Wildman–Crippen MR) is 151 cm³/mol. The van der Waals surface area contributed by atoms with Crippen molar-refractivity contribution >= 4 is 12.0 Å². The van der Waals surface area contributed by atoms with E-state index in [1.54, 1.807) is 4.90 Å². The van der Waals surface area contributed by atoms with Gasteiger partial charge in [0.25, 0.3) is 5.91 Å². The molecule has 12 heteroatoms. The Labute approximate surface area is 250 Å². The van der Waals surface area contributed by atoms with Gasteiger partial charge in [0, 0.05) is 42.9 Å². The van der Waals surface area contributed by atoms with Crippen molar-refractivity contribution < 1.29 is 40.7 Å². The summed E-state index contributed by atoms with van der Waals surface area (Å²) >= 11 is 0. The van der Waals surface area contributed by atoms with Crippen molar-refractivity contribution in [3.63, 3.8) is 0 Å². The number of benzene rings is 3. The summed E-state index contributed by atoms with van der Waals surface area (Å²) in [5.74, 6) is -0.320. The Hall–Kier alpha value is -4.06. The van der Waals surface area contributed by atoms with Gasteiger partial charge in [-0.15, -0.1) is 0 Å². The van der Waals surface area contributed by atoms with E-state index in [4.69, 9.17) is 4.74 Å². The lowest BCUT2D eigenvalue weighted by Crippen LogP contribution is -2.48. The highest BCUT2D eigenvalue weighted by atomic mass is 19.4. The van der Waals surface area contributed by atoms with E-state index in [2.05, 4.69) is 4.90 Å². The number of carbonyl (C=O) groups is 2. The number of unbranched alkanes of at least 4 members (excludes halogenated alkanes) is 1. The van der Waals surface area contributed by atoms with Gasteiger partial charge in [-0.3, -0.25) is 9.69 Å². The van der Waals surface area contributed by atoms with Gasteiger partial charge >= 0.3 is 18.4 Å². The second-order valence-electron chi connectivity index (χ2n) is 10.9. The van der Waals surface area contributed by atoms with Crippen LogP contribution in [0.1, 0.15) is 46.3 Å². The molecular weight excluding hydrogens is 588 g/mol. The Morgan fingerprint density at radius 1 is 0.773 bits per heavy atom. The van der Waals surface area contributed by atoms with Crippen LogP contribution in [0, 0.1) is 0 Å². The molecule has 0 atom stereocenters. The first-order valence-corrected chi connectivity index (χ1v) is 14.3. The Morgan fingerprint density at radius 3 is 1.89 bits per heavy atom. The van der Waals surface area contributed by atoms with E-state index < -0.39 is 36.2 Å². The fourth-order valence-electron chi connectivity index (χ4n) is 5.95. The first-order chi connectivity index (χ1) is 20.9. The third kappa shape index (κ3) is 6.85. The zero-order valence-corrected chi connectivity index (χ0v) is 23.7. The minimum atomic E-state index is -4.58. The zero-order valence-electron chi connectivity index (χ0n) is 23.7. The smallest absolute Gasteiger partial charge is 0.416 e. The van der Waals surface area contributed by atoms with E-state index in [9.17, 15) is 35.9 Å². The maximum absolute atomic E-state index is 12.8. The number of rotatable bonds is 8. The van der Waals surface area contributed by atoms with Crippen molar-refractivity contribution in [1.82, 2.24) is 15.1 Å². The van der Waals surface area contributed by atoms with E-state index in [0.717, 1.165) is 34.4 Å². The molecule has 0 radical (unpaired) electrons. The number of nitrogens with zero attached hydrogens (tertiary/aromatic N) is 2. The van der Waals surface area contributed by atoms with Crippen LogP contribution >= 0.6 is 0 Å². The van der Waals surface area contributed by atoms with Crippen molar-refractivity contribution in [2.45, 2.75) is 37.2 Å². The van der Waals surface area contributed by atoms with E-state index in [1.165, 1.54) is 12.1 Å². The summed E-state index contributed by atoms with van der Waals surface area (Å²) < 4.78 is 82.8. The summed E-state index contributed by atoms with van der Waals surface area (Å²) in [6.45, 7) is 1.19. The van der Waals surface area contributed by atoms with Gasteiger partial charge < -0.3 is 15.0 Å². The summed E-state index contributed by atoms with van der Waals surface area (Å²) in [6, 6.07) is 19.0. The number of piperazine rings is 1.